The number of aromatic nitrogens is 1. The van der Waals surface area contributed by atoms with Gasteiger partial charge in [-0.25, -0.2) is 0 Å². The molecule has 1 heterocycles. The van der Waals surface area contributed by atoms with E-state index in [1.165, 1.54) is 24.5 Å². The summed E-state index contributed by atoms with van der Waals surface area (Å²) in [6, 6.07) is 3.00. The Balaban J connectivity index is 2.89. The largest absolute Gasteiger partial charge is 0.506 e. The normalized spacial score (nSPS) is 10.4. The van der Waals surface area contributed by atoms with E-state index < -0.39 is 0 Å². The summed E-state index contributed by atoms with van der Waals surface area (Å²) in [7, 11) is 0. The van der Waals surface area contributed by atoms with E-state index in [1.807, 2.05) is 0 Å². The van der Waals surface area contributed by atoms with Crippen molar-refractivity contribution in [2.45, 2.75) is 0 Å². The monoisotopic (exact) mass is 138 g/mol. The molecule has 0 atom stereocenters. The molecule has 1 rings (SSSR count). The second-order valence-corrected chi connectivity index (χ2v) is 1.69. The van der Waals surface area contributed by atoms with E-state index in [-0.39, 0.29) is 5.75 Å². The number of hydrogen-bond donors (Lipinski definition) is 2. The summed E-state index contributed by atoms with van der Waals surface area (Å²) in [4.78, 5) is 3.71. The highest BCUT2D eigenvalue weighted by atomic mass is 16.4. The highest BCUT2D eigenvalue weighted by Gasteiger charge is 1.88. The lowest BCUT2D eigenvalue weighted by atomic mass is 10.4. The van der Waals surface area contributed by atoms with Crippen molar-refractivity contribution in [3.8, 4) is 5.75 Å². The Bertz CT molecular complexity index is 230. The Morgan fingerprint density at radius 3 is 2.80 bits per heavy atom. The van der Waals surface area contributed by atoms with Gasteiger partial charge < -0.3 is 10.3 Å². The van der Waals surface area contributed by atoms with Crippen molar-refractivity contribution in [1.29, 1.82) is 0 Å². The maximum Gasteiger partial charge on any atom is 0.133 e. The third-order valence-corrected chi connectivity index (χ3v) is 0.961. The Kier molecular flexibility index (Phi) is 1.84. The maximum atomic E-state index is 8.76. The topological polar surface area (TPSA) is 65.7 Å². The summed E-state index contributed by atoms with van der Waals surface area (Å²) in [5, 5.41) is 19.6. The van der Waals surface area contributed by atoms with Gasteiger partial charge in [0.15, 0.2) is 0 Å². The fourth-order valence-corrected chi connectivity index (χ4v) is 0.533. The highest BCUT2D eigenvalue weighted by Crippen LogP contribution is 2.03. The molecule has 0 amide bonds. The van der Waals surface area contributed by atoms with Gasteiger partial charge in [0, 0.05) is 0 Å². The molecule has 1 aromatic heterocycles. The molecule has 0 bridgehead atoms. The minimum atomic E-state index is 0.0927. The maximum absolute atomic E-state index is 8.76. The molecular formula is C6H6N2O2. The van der Waals surface area contributed by atoms with Crippen molar-refractivity contribution in [2.24, 2.45) is 5.16 Å². The molecule has 0 fully saturated rings. The molecule has 2 N–H and O–H groups in total. The summed E-state index contributed by atoms with van der Waals surface area (Å²) < 4.78 is 0. The predicted molar refractivity (Wildman–Crippen MR) is 35.3 cm³/mol. The summed E-state index contributed by atoms with van der Waals surface area (Å²) in [6.07, 6.45) is 2.45. The minimum Gasteiger partial charge on any atom is -0.506 e. The summed E-state index contributed by atoms with van der Waals surface area (Å²) in [5.74, 6) is 0.0927. The Hall–Kier alpha value is -1.58. The molecular weight excluding hydrogens is 132 g/mol. The van der Waals surface area contributed by atoms with Crippen molar-refractivity contribution in [1.82, 2.24) is 4.98 Å². The fourth-order valence-electron chi connectivity index (χ4n) is 0.533. The quantitative estimate of drug-likeness (QED) is 0.339. The van der Waals surface area contributed by atoms with E-state index in [0.29, 0.717) is 5.69 Å². The summed E-state index contributed by atoms with van der Waals surface area (Å²) in [6.45, 7) is 0. The number of hydrogen-bond acceptors (Lipinski definition) is 4. The van der Waals surface area contributed by atoms with Crippen molar-refractivity contribution < 1.29 is 10.3 Å². The smallest absolute Gasteiger partial charge is 0.133 e. The molecule has 0 spiro atoms. The van der Waals surface area contributed by atoms with E-state index in [0.717, 1.165) is 0 Å². The van der Waals surface area contributed by atoms with Crippen LogP contribution in [0.1, 0.15) is 5.69 Å². The average Bonchev–Trinajstić information content (AvgIpc) is 1.95. The van der Waals surface area contributed by atoms with Crippen LogP contribution in [-0.4, -0.2) is 21.5 Å². The van der Waals surface area contributed by atoms with E-state index in [4.69, 9.17) is 10.3 Å². The van der Waals surface area contributed by atoms with Crippen LogP contribution >= 0.6 is 0 Å². The average molecular weight is 138 g/mol. The van der Waals surface area contributed by atoms with Crippen LogP contribution in [0.15, 0.2) is 23.5 Å². The Morgan fingerprint density at radius 1 is 1.50 bits per heavy atom. The number of oxime groups is 1. The van der Waals surface area contributed by atoms with Gasteiger partial charge in [-0.1, -0.05) is 5.16 Å². The standard InChI is InChI=1S/C6H6N2O2/c9-6-2-1-5(3-8-10)7-4-6/h1-4,9-10H. The first-order valence-electron chi connectivity index (χ1n) is 2.65. The predicted octanol–water partition coefficient (Wildman–Crippen LogP) is 0.595. The van der Waals surface area contributed by atoms with Crippen LogP contribution in [0.4, 0.5) is 0 Å². The van der Waals surface area contributed by atoms with Crippen LogP contribution in [0.2, 0.25) is 0 Å². The zero-order valence-electron chi connectivity index (χ0n) is 5.10. The van der Waals surface area contributed by atoms with Gasteiger partial charge in [0.25, 0.3) is 0 Å². The molecule has 0 aliphatic heterocycles. The summed E-state index contributed by atoms with van der Waals surface area (Å²) >= 11 is 0. The third kappa shape index (κ3) is 1.45. The van der Waals surface area contributed by atoms with Crippen molar-refractivity contribution >= 4 is 6.21 Å². The second kappa shape index (κ2) is 2.82. The summed E-state index contributed by atoms with van der Waals surface area (Å²) in [5.41, 5.74) is 0.500. The number of nitrogens with zero attached hydrogens (tertiary/aromatic N) is 2. The van der Waals surface area contributed by atoms with Gasteiger partial charge >= 0.3 is 0 Å². The van der Waals surface area contributed by atoms with Crippen LogP contribution in [-0.2, 0) is 0 Å². The van der Waals surface area contributed by atoms with Gasteiger partial charge in [-0.2, -0.15) is 0 Å². The first kappa shape index (κ1) is 6.54. The molecule has 4 heteroatoms. The molecule has 0 aromatic carbocycles. The molecule has 4 nitrogen and oxygen atoms in total. The van der Waals surface area contributed by atoms with E-state index in [2.05, 4.69) is 10.1 Å². The van der Waals surface area contributed by atoms with Gasteiger partial charge in [0.2, 0.25) is 0 Å². The van der Waals surface area contributed by atoms with Crippen molar-refractivity contribution in [3.63, 3.8) is 0 Å². The molecule has 1 aromatic rings. The van der Waals surface area contributed by atoms with Crippen LogP contribution < -0.4 is 0 Å². The van der Waals surface area contributed by atoms with Gasteiger partial charge in [-0.05, 0) is 12.1 Å². The first-order valence-corrected chi connectivity index (χ1v) is 2.65. The zero-order chi connectivity index (χ0) is 7.40. The van der Waals surface area contributed by atoms with E-state index in [1.54, 1.807) is 0 Å². The second-order valence-electron chi connectivity index (χ2n) is 1.69. The number of aromatic hydroxyl groups is 1. The number of rotatable bonds is 1. The van der Waals surface area contributed by atoms with Crippen LogP contribution in [0.3, 0.4) is 0 Å². The molecule has 0 unspecified atom stereocenters. The molecule has 0 aliphatic rings. The lowest BCUT2D eigenvalue weighted by Crippen LogP contribution is -1.84. The molecule has 0 radical (unpaired) electrons. The van der Waals surface area contributed by atoms with Gasteiger partial charge in [-0.15, -0.1) is 0 Å². The van der Waals surface area contributed by atoms with Crippen LogP contribution in [0.5, 0.6) is 5.75 Å². The lowest BCUT2D eigenvalue weighted by Gasteiger charge is -1.89. The fraction of sp³-hybridized carbons (Fsp3) is 0. The van der Waals surface area contributed by atoms with Crippen LogP contribution in [0, 0.1) is 0 Å². The van der Waals surface area contributed by atoms with Crippen molar-refractivity contribution in [2.75, 3.05) is 0 Å². The van der Waals surface area contributed by atoms with E-state index in [9.17, 15) is 0 Å². The zero-order valence-corrected chi connectivity index (χ0v) is 5.10. The van der Waals surface area contributed by atoms with E-state index >= 15 is 0 Å². The minimum absolute atomic E-state index is 0.0927. The highest BCUT2D eigenvalue weighted by molar-refractivity contribution is 5.76. The number of pyridine rings is 1. The van der Waals surface area contributed by atoms with Gasteiger partial charge in [0.05, 0.1) is 18.1 Å². The molecule has 0 saturated carbocycles. The van der Waals surface area contributed by atoms with Gasteiger partial charge in [-0.3, -0.25) is 4.98 Å². The molecule has 10 heavy (non-hydrogen) atoms. The lowest BCUT2D eigenvalue weighted by molar-refractivity contribution is 0.321. The molecule has 0 aliphatic carbocycles. The van der Waals surface area contributed by atoms with Gasteiger partial charge in [0.1, 0.15) is 5.75 Å². The Morgan fingerprint density at radius 2 is 2.30 bits per heavy atom. The first-order chi connectivity index (χ1) is 4.83. The molecule has 52 valence electrons. The Labute approximate surface area is 57.5 Å². The van der Waals surface area contributed by atoms with Crippen LogP contribution in [0.25, 0.3) is 0 Å². The molecule has 0 saturated heterocycles. The third-order valence-electron chi connectivity index (χ3n) is 0.961. The van der Waals surface area contributed by atoms with Crippen molar-refractivity contribution in [3.05, 3.63) is 24.0 Å². The SMILES string of the molecule is ON=Cc1ccc(O)cn1.